The van der Waals surface area contributed by atoms with Gasteiger partial charge in [0.15, 0.2) is 0 Å². The van der Waals surface area contributed by atoms with Crippen molar-refractivity contribution in [3.8, 4) is 0 Å². The van der Waals surface area contributed by atoms with Crippen LogP contribution in [0.3, 0.4) is 0 Å². The smallest absolute Gasteiger partial charge is 0.322 e. The molecule has 0 saturated carbocycles. The third kappa shape index (κ3) is 3.95. The van der Waals surface area contributed by atoms with Gasteiger partial charge in [0.25, 0.3) is 5.91 Å². The van der Waals surface area contributed by atoms with Gasteiger partial charge in [-0.3, -0.25) is 14.9 Å². The highest BCUT2D eigenvalue weighted by Gasteiger charge is 2.42. The summed E-state index contributed by atoms with van der Waals surface area (Å²) in [5.41, 5.74) is 0.267. The van der Waals surface area contributed by atoms with Gasteiger partial charge in [-0.05, 0) is 49.8 Å². The number of likely N-dealkylation sites (tertiary alicyclic amines) is 1. The van der Waals surface area contributed by atoms with Crippen LogP contribution in [0.5, 0.6) is 0 Å². The number of piperidine rings is 1. The minimum absolute atomic E-state index is 0.0322. The van der Waals surface area contributed by atoms with Crippen molar-refractivity contribution in [2.45, 2.75) is 44.1 Å². The molecule has 2 saturated heterocycles. The number of carbonyl (C=O) groups excluding carboxylic acids is 3. The van der Waals surface area contributed by atoms with E-state index in [0.29, 0.717) is 25.4 Å². The maximum absolute atomic E-state index is 12.4. The van der Waals surface area contributed by atoms with Gasteiger partial charge in [-0.2, -0.15) is 0 Å². The number of halogens is 1. The molecule has 0 spiro atoms. The normalized spacial score (nSPS) is 24.2. The predicted octanol–water partition coefficient (Wildman–Crippen LogP) is 2.42. The summed E-state index contributed by atoms with van der Waals surface area (Å²) in [6.45, 7) is 3.07. The van der Waals surface area contributed by atoms with Crippen molar-refractivity contribution in [3.05, 3.63) is 34.9 Å². The first-order valence-corrected chi connectivity index (χ1v) is 8.92. The molecular formula is C18H22ClN3O3. The Morgan fingerprint density at radius 1 is 1.24 bits per heavy atom. The van der Waals surface area contributed by atoms with Crippen LogP contribution in [0.1, 0.15) is 44.1 Å². The first-order chi connectivity index (χ1) is 11.9. The van der Waals surface area contributed by atoms with Gasteiger partial charge in [0, 0.05) is 24.5 Å². The van der Waals surface area contributed by atoms with E-state index in [9.17, 15) is 14.4 Å². The van der Waals surface area contributed by atoms with Crippen molar-refractivity contribution in [1.29, 1.82) is 0 Å². The van der Waals surface area contributed by atoms with Gasteiger partial charge >= 0.3 is 6.03 Å². The Morgan fingerprint density at radius 2 is 1.88 bits per heavy atom. The Hall–Kier alpha value is -2.08. The van der Waals surface area contributed by atoms with Gasteiger partial charge in [0.05, 0.1) is 0 Å². The summed E-state index contributed by atoms with van der Waals surface area (Å²) in [6, 6.07) is 7.40. The molecule has 2 N–H and O–H groups in total. The molecule has 134 valence electrons. The zero-order valence-electron chi connectivity index (χ0n) is 14.2. The number of nitrogens with zero attached hydrogens (tertiary/aromatic N) is 1. The number of imide groups is 1. The number of nitrogens with one attached hydrogen (secondary N) is 2. The lowest BCUT2D eigenvalue weighted by Gasteiger charge is -2.33. The maximum atomic E-state index is 12.4. The molecule has 1 aromatic rings. The molecule has 2 heterocycles. The highest BCUT2D eigenvalue weighted by Crippen LogP contribution is 2.29. The van der Waals surface area contributed by atoms with E-state index in [1.165, 1.54) is 5.56 Å². The van der Waals surface area contributed by atoms with Crippen LogP contribution >= 0.6 is 11.6 Å². The lowest BCUT2D eigenvalue weighted by Crippen LogP contribution is -2.45. The number of hydrogen-bond donors (Lipinski definition) is 2. The third-order valence-corrected chi connectivity index (χ3v) is 5.40. The maximum Gasteiger partial charge on any atom is 0.322 e. The van der Waals surface area contributed by atoms with Crippen molar-refractivity contribution in [2.24, 2.45) is 0 Å². The van der Waals surface area contributed by atoms with Gasteiger partial charge in [-0.15, -0.1) is 0 Å². The van der Waals surface area contributed by atoms with Gasteiger partial charge < -0.3 is 10.2 Å². The van der Waals surface area contributed by atoms with E-state index in [-0.39, 0.29) is 18.2 Å². The summed E-state index contributed by atoms with van der Waals surface area (Å²) in [4.78, 5) is 37.3. The standard InChI is InChI=1S/C18H22ClN3O3/c1-18(16(24)20-17(25)21-18)9-6-15(23)22-10-7-13(8-11-22)12-2-4-14(19)5-3-12/h2-5,13H,6-11H2,1H3,(H2,20,21,24,25). The average Bonchev–Trinajstić information content (AvgIpc) is 2.86. The van der Waals surface area contributed by atoms with Crippen LogP contribution in [0.15, 0.2) is 24.3 Å². The van der Waals surface area contributed by atoms with Crippen molar-refractivity contribution in [2.75, 3.05) is 13.1 Å². The molecule has 2 aliphatic rings. The van der Waals surface area contributed by atoms with Crippen molar-refractivity contribution in [3.63, 3.8) is 0 Å². The zero-order valence-corrected chi connectivity index (χ0v) is 14.9. The largest absolute Gasteiger partial charge is 0.343 e. The first-order valence-electron chi connectivity index (χ1n) is 8.54. The lowest BCUT2D eigenvalue weighted by molar-refractivity contribution is -0.133. The van der Waals surface area contributed by atoms with E-state index < -0.39 is 11.6 Å². The molecular weight excluding hydrogens is 342 g/mol. The Bertz CT molecular complexity index is 683. The SMILES string of the molecule is CC1(CCC(=O)N2CCC(c3ccc(Cl)cc3)CC2)NC(=O)NC1=O. The molecule has 2 aliphatic heterocycles. The minimum atomic E-state index is -0.992. The molecule has 25 heavy (non-hydrogen) atoms. The highest BCUT2D eigenvalue weighted by molar-refractivity contribution is 6.30. The minimum Gasteiger partial charge on any atom is -0.343 e. The van der Waals surface area contributed by atoms with Gasteiger partial charge in [0.2, 0.25) is 5.91 Å². The Labute approximate surface area is 151 Å². The summed E-state index contributed by atoms with van der Waals surface area (Å²) in [6.07, 6.45) is 2.39. The van der Waals surface area contributed by atoms with Crippen LogP contribution in [0.25, 0.3) is 0 Å². The fraction of sp³-hybridized carbons (Fsp3) is 0.500. The van der Waals surface area contributed by atoms with E-state index in [1.807, 2.05) is 29.2 Å². The quantitative estimate of drug-likeness (QED) is 0.806. The van der Waals surface area contributed by atoms with Crippen molar-refractivity contribution < 1.29 is 14.4 Å². The second-order valence-electron chi connectivity index (χ2n) is 6.95. The Balaban J connectivity index is 1.49. The van der Waals surface area contributed by atoms with E-state index in [0.717, 1.165) is 17.9 Å². The van der Waals surface area contributed by atoms with Gasteiger partial charge in [-0.1, -0.05) is 23.7 Å². The molecule has 3 rings (SSSR count). The topological polar surface area (TPSA) is 78.5 Å². The van der Waals surface area contributed by atoms with Crippen molar-refractivity contribution >= 4 is 29.4 Å². The van der Waals surface area contributed by atoms with Crippen molar-refractivity contribution in [1.82, 2.24) is 15.5 Å². The van der Waals surface area contributed by atoms with E-state index >= 15 is 0 Å². The molecule has 1 atom stereocenters. The van der Waals surface area contributed by atoms with E-state index in [2.05, 4.69) is 10.6 Å². The first kappa shape index (κ1) is 17.7. The summed E-state index contributed by atoms with van der Waals surface area (Å²) in [7, 11) is 0. The molecule has 0 bridgehead atoms. The molecule has 4 amide bonds. The van der Waals surface area contributed by atoms with Crippen LogP contribution in [0, 0.1) is 0 Å². The summed E-state index contributed by atoms with van der Waals surface area (Å²) in [5.74, 6) is 0.107. The fourth-order valence-electron chi connectivity index (χ4n) is 3.47. The number of carbonyl (C=O) groups is 3. The van der Waals surface area contributed by atoms with Crippen LogP contribution in [0.4, 0.5) is 4.79 Å². The molecule has 0 radical (unpaired) electrons. The highest BCUT2D eigenvalue weighted by atomic mass is 35.5. The Morgan fingerprint density at radius 3 is 2.44 bits per heavy atom. The molecule has 2 fully saturated rings. The van der Waals surface area contributed by atoms with E-state index in [4.69, 9.17) is 11.6 Å². The monoisotopic (exact) mass is 363 g/mol. The third-order valence-electron chi connectivity index (χ3n) is 5.15. The molecule has 0 aromatic heterocycles. The van der Waals surface area contributed by atoms with Crippen LogP contribution in [-0.2, 0) is 9.59 Å². The Kier molecular flexibility index (Phi) is 4.99. The number of benzene rings is 1. The average molecular weight is 364 g/mol. The number of rotatable bonds is 4. The number of urea groups is 1. The number of hydrogen-bond acceptors (Lipinski definition) is 3. The molecule has 7 heteroatoms. The second-order valence-corrected chi connectivity index (χ2v) is 7.38. The second kappa shape index (κ2) is 7.04. The van der Waals surface area contributed by atoms with Crippen LogP contribution in [0.2, 0.25) is 5.02 Å². The zero-order chi connectivity index (χ0) is 18.0. The molecule has 1 unspecified atom stereocenters. The predicted molar refractivity (Wildman–Crippen MR) is 94.3 cm³/mol. The summed E-state index contributed by atoms with van der Waals surface area (Å²) < 4.78 is 0. The number of amides is 4. The molecule has 1 aromatic carbocycles. The summed E-state index contributed by atoms with van der Waals surface area (Å²) >= 11 is 5.93. The van der Waals surface area contributed by atoms with Crippen LogP contribution in [-0.4, -0.2) is 41.4 Å². The van der Waals surface area contributed by atoms with Gasteiger partial charge in [-0.25, -0.2) is 4.79 Å². The molecule has 6 nitrogen and oxygen atoms in total. The van der Waals surface area contributed by atoms with E-state index in [1.54, 1.807) is 6.92 Å². The summed E-state index contributed by atoms with van der Waals surface area (Å²) in [5, 5.41) is 5.54. The lowest BCUT2D eigenvalue weighted by atomic mass is 9.89. The fourth-order valence-corrected chi connectivity index (χ4v) is 3.59. The van der Waals surface area contributed by atoms with Gasteiger partial charge in [0.1, 0.15) is 5.54 Å². The van der Waals surface area contributed by atoms with Crippen LogP contribution < -0.4 is 10.6 Å². The molecule has 0 aliphatic carbocycles.